The fourth-order valence-corrected chi connectivity index (χ4v) is 3.36. The summed E-state index contributed by atoms with van der Waals surface area (Å²) < 4.78 is 26.3. The maximum absolute atomic E-state index is 11.9. The number of halogens is 1. The minimum absolute atomic E-state index is 0.0576. The average molecular weight is 277 g/mol. The maximum atomic E-state index is 11.9. The maximum Gasteiger partial charge on any atom is 0.233 e. The Morgan fingerprint density at radius 2 is 1.94 bits per heavy atom. The van der Waals surface area contributed by atoms with Crippen LogP contribution in [0.2, 0.25) is 5.15 Å². The number of pyridine rings is 1. The van der Waals surface area contributed by atoms with Crippen LogP contribution in [0.1, 0.15) is 26.5 Å². The highest BCUT2D eigenvalue weighted by atomic mass is 35.5. The Morgan fingerprint density at radius 1 is 1.35 bits per heavy atom. The minimum Gasteiger partial charge on any atom is -0.282 e. The highest BCUT2D eigenvalue weighted by molar-refractivity contribution is 7.92. The van der Waals surface area contributed by atoms with E-state index in [-0.39, 0.29) is 11.2 Å². The molecular formula is C11H17ClN2O2S. The monoisotopic (exact) mass is 276 g/mol. The second-order valence-corrected chi connectivity index (χ2v) is 7.30. The predicted octanol–water partition coefficient (Wildman–Crippen LogP) is 2.83. The third-order valence-electron chi connectivity index (χ3n) is 1.94. The molecule has 0 fully saturated rings. The van der Waals surface area contributed by atoms with E-state index in [4.69, 9.17) is 11.6 Å². The average Bonchev–Trinajstić information content (AvgIpc) is 2.05. The molecule has 96 valence electrons. The molecule has 1 heterocycles. The lowest BCUT2D eigenvalue weighted by atomic mass is 10.0. The molecule has 1 aromatic heterocycles. The van der Waals surface area contributed by atoms with Gasteiger partial charge in [-0.05, 0) is 24.5 Å². The third kappa shape index (κ3) is 4.91. The predicted molar refractivity (Wildman–Crippen MR) is 70.8 cm³/mol. The molecule has 0 aliphatic heterocycles. The van der Waals surface area contributed by atoms with E-state index in [9.17, 15) is 8.42 Å². The second-order valence-electron chi connectivity index (χ2n) is 5.19. The molecule has 0 aliphatic carbocycles. The van der Waals surface area contributed by atoms with Gasteiger partial charge in [0, 0.05) is 0 Å². The highest BCUT2D eigenvalue weighted by Gasteiger charge is 2.22. The lowest BCUT2D eigenvalue weighted by molar-refractivity contribution is 0.463. The van der Waals surface area contributed by atoms with Crippen LogP contribution in [0, 0.1) is 12.3 Å². The molecule has 0 saturated heterocycles. The number of hydrogen-bond acceptors (Lipinski definition) is 3. The smallest absolute Gasteiger partial charge is 0.233 e. The Hall–Kier alpha value is -0.810. The molecule has 4 nitrogen and oxygen atoms in total. The SMILES string of the molecule is Cc1nc(Cl)ccc1NS(=O)(=O)CC(C)(C)C. The molecule has 0 amide bonds. The minimum atomic E-state index is -3.36. The summed E-state index contributed by atoms with van der Waals surface area (Å²) in [6.07, 6.45) is 0. The van der Waals surface area contributed by atoms with Gasteiger partial charge < -0.3 is 0 Å². The van der Waals surface area contributed by atoms with E-state index in [1.54, 1.807) is 19.1 Å². The van der Waals surface area contributed by atoms with Gasteiger partial charge in [0.15, 0.2) is 0 Å². The number of aryl methyl sites for hydroxylation is 1. The van der Waals surface area contributed by atoms with Crippen LogP contribution in [0.5, 0.6) is 0 Å². The zero-order chi connectivity index (χ0) is 13.3. The Bertz CT molecular complexity index is 507. The largest absolute Gasteiger partial charge is 0.282 e. The van der Waals surface area contributed by atoms with Crippen LogP contribution in [0.3, 0.4) is 0 Å². The van der Waals surface area contributed by atoms with E-state index in [0.717, 1.165) is 0 Å². The lowest BCUT2D eigenvalue weighted by Gasteiger charge is -2.19. The summed E-state index contributed by atoms with van der Waals surface area (Å²) >= 11 is 5.71. The van der Waals surface area contributed by atoms with Gasteiger partial charge in [-0.25, -0.2) is 13.4 Å². The van der Waals surface area contributed by atoms with E-state index in [1.165, 1.54) is 0 Å². The standard InChI is InChI=1S/C11H17ClN2O2S/c1-8-9(5-6-10(12)13-8)14-17(15,16)7-11(2,3)4/h5-6,14H,7H2,1-4H3. The molecular weight excluding hydrogens is 260 g/mol. The van der Waals surface area contributed by atoms with Gasteiger partial charge in [-0.3, -0.25) is 4.72 Å². The quantitative estimate of drug-likeness (QED) is 0.864. The van der Waals surface area contributed by atoms with Crippen LogP contribution >= 0.6 is 11.6 Å². The summed E-state index contributed by atoms with van der Waals surface area (Å²) in [4.78, 5) is 3.99. The summed E-state index contributed by atoms with van der Waals surface area (Å²) in [7, 11) is -3.36. The van der Waals surface area contributed by atoms with Crippen molar-refractivity contribution in [1.29, 1.82) is 0 Å². The summed E-state index contributed by atoms with van der Waals surface area (Å²) in [5, 5.41) is 0.348. The van der Waals surface area contributed by atoms with E-state index in [1.807, 2.05) is 20.8 Å². The van der Waals surface area contributed by atoms with Crippen molar-refractivity contribution in [2.75, 3.05) is 10.5 Å². The first-order chi connectivity index (χ1) is 7.59. The Balaban J connectivity index is 2.91. The van der Waals surface area contributed by atoms with E-state index in [2.05, 4.69) is 9.71 Å². The van der Waals surface area contributed by atoms with Crippen LogP contribution in [0.15, 0.2) is 12.1 Å². The van der Waals surface area contributed by atoms with Crippen LogP contribution in [0.4, 0.5) is 5.69 Å². The first-order valence-electron chi connectivity index (χ1n) is 5.23. The number of nitrogens with one attached hydrogen (secondary N) is 1. The molecule has 0 saturated carbocycles. The van der Waals surface area contributed by atoms with Gasteiger partial charge in [-0.1, -0.05) is 32.4 Å². The van der Waals surface area contributed by atoms with Crippen molar-refractivity contribution in [2.45, 2.75) is 27.7 Å². The summed E-state index contributed by atoms with van der Waals surface area (Å²) in [5.74, 6) is 0.0576. The topological polar surface area (TPSA) is 59.1 Å². The van der Waals surface area contributed by atoms with Gasteiger partial charge in [0.1, 0.15) is 5.15 Å². The van der Waals surface area contributed by atoms with Gasteiger partial charge in [0.05, 0.1) is 17.1 Å². The van der Waals surface area contributed by atoms with Gasteiger partial charge in [-0.2, -0.15) is 0 Å². The first kappa shape index (κ1) is 14.3. The molecule has 0 spiro atoms. The highest BCUT2D eigenvalue weighted by Crippen LogP contribution is 2.21. The van der Waals surface area contributed by atoms with Crippen LogP contribution in [-0.2, 0) is 10.0 Å². The van der Waals surface area contributed by atoms with E-state index in [0.29, 0.717) is 16.5 Å². The molecule has 1 N–H and O–H groups in total. The molecule has 0 aromatic carbocycles. The van der Waals surface area contributed by atoms with Crippen LogP contribution in [-0.4, -0.2) is 19.2 Å². The summed E-state index contributed by atoms with van der Waals surface area (Å²) in [6, 6.07) is 3.17. The van der Waals surface area contributed by atoms with Crippen LogP contribution in [0.25, 0.3) is 0 Å². The van der Waals surface area contributed by atoms with Crippen molar-refractivity contribution in [2.24, 2.45) is 5.41 Å². The van der Waals surface area contributed by atoms with Gasteiger partial charge in [0.25, 0.3) is 0 Å². The van der Waals surface area contributed by atoms with Crippen molar-refractivity contribution in [3.05, 3.63) is 23.0 Å². The molecule has 0 atom stereocenters. The number of anilines is 1. The lowest BCUT2D eigenvalue weighted by Crippen LogP contribution is -2.26. The number of hydrogen-bond donors (Lipinski definition) is 1. The Morgan fingerprint density at radius 3 is 2.41 bits per heavy atom. The van der Waals surface area contributed by atoms with Crippen molar-refractivity contribution in [3.63, 3.8) is 0 Å². The molecule has 0 radical (unpaired) electrons. The molecule has 6 heteroatoms. The zero-order valence-corrected chi connectivity index (χ0v) is 12.0. The van der Waals surface area contributed by atoms with Crippen molar-refractivity contribution < 1.29 is 8.42 Å². The second kappa shape index (κ2) is 4.82. The molecule has 1 aromatic rings. The fourth-order valence-electron chi connectivity index (χ4n) is 1.41. The van der Waals surface area contributed by atoms with E-state index >= 15 is 0 Å². The van der Waals surface area contributed by atoms with E-state index < -0.39 is 10.0 Å². The molecule has 0 unspecified atom stereocenters. The molecule has 17 heavy (non-hydrogen) atoms. The zero-order valence-electron chi connectivity index (χ0n) is 10.4. The fraction of sp³-hybridized carbons (Fsp3) is 0.545. The number of rotatable bonds is 3. The summed E-state index contributed by atoms with van der Waals surface area (Å²) in [6.45, 7) is 7.33. The third-order valence-corrected chi connectivity index (χ3v) is 3.93. The molecule has 0 bridgehead atoms. The van der Waals surface area contributed by atoms with Crippen molar-refractivity contribution in [1.82, 2.24) is 4.98 Å². The van der Waals surface area contributed by atoms with Gasteiger partial charge in [-0.15, -0.1) is 0 Å². The Labute approximate surface area is 107 Å². The number of sulfonamides is 1. The first-order valence-corrected chi connectivity index (χ1v) is 7.26. The normalized spacial score (nSPS) is 12.5. The summed E-state index contributed by atoms with van der Waals surface area (Å²) in [5.41, 5.74) is 0.744. The van der Waals surface area contributed by atoms with Gasteiger partial charge >= 0.3 is 0 Å². The molecule has 0 aliphatic rings. The van der Waals surface area contributed by atoms with Gasteiger partial charge in [0.2, 0.25) is 10.0 Å². The Kier molecular flexibility index (Phi) is 4.04. The van der Waals surface area contributed by atoms with Crippen LogP contribution < -0.4 is 4.72 Å². The van der Waals surface area contributed by atoms with Crippen molar-refractivity contribution >= 4 is 27.3 Å². The molecule has 1 rings (SSSR count). The number of aromatic nitrogens is 1. The van der Waals surface area contributed by atoms with Crippen molar-refractivity contribution in [3.8, 4) is 0 Å². The number of nitrogens with zero attached hydrogens (tertiary/aromatic N) is 1.